The standard InChI is InChI=1S/C34H40N6O2/c41-33(39-20-17-35-22-28(39)23-38-19-18-36-32(38)27-11-5-2-6-12-27)30-31(26-9-3-1-4-10-26)40(24-37-30)29-13-7-8-16-34(29,42)21-25-14-15-25/h1-6,9-12,18-19,24-25,28-29,35,42H,7-8,13-17,20-23H2/t28-,29+,34+/m0/s1. The van der Waals surface area contributed by atoms with Crippen molar-refractivity contribution in [1.82, 2.24) is 29.3 Å². The predicted molar refractivity (Wildman–Crippen MR) is 163 cm³/mol. The van der Waals surface area contributed by atoms with E-state index in [0.29, 0.717) is 31.2 Å². The van der Waals surface area contributed by atoms with Gasteiger partial charge in [0.2, 0.25) is 0 Å². The molecule has 2 aliphatic carbocycles. The Kier molecular flexibility index (Phi) is 7.42. The molecule has 8 nitrogen and oxygen atoms in total. The molecule has 3 aliphatic rings. The fraction of sp³-hybridized carbons (Fsp3) is 0.441. The van der Waals surface area contributed by atoms with Crippen molar-refractivity contribution in [2.45, 2.75) is 69.2 Å². The van der Waals surface area contributed by atoms with Gasteiger partial charge < -0.3 is 24.5 Å². The van der Waals surface area contributed by atoms with Crippen LogP contribution in [0.5, 0.6) is 0 Å². The van der Waals surface area contributed by atoms with Gasteiger partial charge >= 0.3 is 0 Å². The molecule has 2 aromatic carbocycles. The minimum absolute atomic E-state index is 0.0537. The number of aromatic nitrogens is 4. The minimum Gasteiger partial charge on any atom is -0.388 e. The van der Waals surface area contributed by atoms with Crippen molar-refractivity contribution in [2.24, 2.45) is 5.92 Å². The molecule has 3 heterocycles. The summed E-state index contributed by atoms with van der Waals surface area (Å²) in [7, 11) is 0. The van der Waals surface area contributed by atoms with E-state index in [1.807, 2.05) is 60.0 Å². The Bertz CT molecular complexity index is 1510. The van der Waals surface area contributed by atoms with E-state index < -0.39 is 5.60 Å². The summed E-state index contributed by atoms with van der Waals surface area (Å²) in [4.78, 5) is 25.9. The number of hydrogen-bond acceptors (Lipinski definition) is 5. The summed E-state index contributed by atoms with van der Waals surface area (Å²) in [5, 5.41) is 15.5. The molecule has 3 atom stereocenters. The summed E-state index contributed by atoms with van der Waals surface area (Å²) in [6.07, 6.45) is 12.7. The molecule has 42 heavy (non-hydrogen) atoms. The van der Waals surface area contributed by atoms with Crippen molar-refractivity contribution >= 4 is 5.91 Å². The van der Waals surface area contributed by atoms with Crippen LogP contribution in [-0.4, -0.2) is 66.3 Å². The third kappa shape index (κ3) is 5.29. The maximum atomic E-state index is 14.5. The molecule has 218 valence electrons. The number of nitrogens with one attached hydrogen (secondary N) is 1. The molecule has 1 amide bonds. The molecule has 4 aromatic rings. The minimum atomic E-state index is -0.767. The predicted octanol–water partition coefficient (Wildman–Crippen LogP) is 5.17. The van der Waals surface area contributed by atoms with Gasteiger partial charge in [-0.25, -0.2) is 9.97 Å². The van der Waals surface area contributed by atoms with Crippen LogP contribution in [0, 0.1) is 5.92 Å². The van der Waals surface area contributed by atoms with Gasteiger partial charge in [0.1, 0.15) is 5.82 Å². The second-order valence-corrected chi connectivity index (χ2v) is 12.4. The largest absolute Gasteiger partial charge is 0.388 e. The highest BCUT2D eigenvalue weighted by Gasteiger charge is 2.45. The lowest BCUT2D eigenvalue weighted by atomic mass is 9.76. The highest BCUT2D eigenvalue weighted by atomic mass is 16.3. The van der Waals surface area contributed by atoms with E-state index in [1.54, 1.807) is 0 Å². The van der Waals surface area contributed by atoms with E-state index in [2.05, 4.69) is 43.7 Å². The van der Waals surface area contributed by atoms with Gasteiger partial charge in [-0.05, 0) is 25.2 Å². The molecule has 0 radical (unpaired) electrons. The summed E-state index contributed by atoms with van der Waals surface area (Å²) in [5.74, 6) is 1.46. The Balaban J connectivity index is 1.23. The van der Waals surface area contributed by atoms with E-state index in [9.17, 15) is 9.90 Å². The molecule has 0 spiro atoms. The highest BCUT2D eigenvalue weighted by molar-refractivity contribution is 5.98. The molecule has 1 aliphatic heterocycles. The first-order valence-electron chi connectivity index (χ1n) is 15.5. The number of imidazole rings is 2. The number of carbonyl (C=O) groups excluding carboxylic acids is 1. The molecule has 1 saturated heterocycles. The summed E-state index contributed by atoms with van der Waals surface area (Å²) in [5.41, 5.74) is 2.55. The van der Waals surface area contributed by atoms with Crippen molar-refractivity contribution in [2.75, 3.05) is 19.6 Å². The number of piperazine rings is 1. The van der Waals surface area contributed by atoms with Crippen LogP contribution in [0.15, 0.2) is 79.4 Å². The first kappa shape index (κ1) is 27.1. The summed E-state index contributed by atoms with van der Waals surface area (Å²) < 4.78 is 4.29. The number of aliphatic hydroxyl groups is 1. The maximum Gasteiger partial charge on any atom is 0.275 e. The summed E-state index contributed by atoms with van der Waals surface area (Å²) in [6.45, 7) is 2.68. The second kappa shape index (κ2) is 11.5. The van der Waals surface area contributed by atoms with Crippen LogP contribution in [-0.2, 0) is 6.54 Å². The van der Waals surface area contributed by atoms with Crippen LogP contribution < -0.4 is 5.32 Å². The van der Waals surface area contributed by atoms with E-state index in [-0.39, 0.29) is 18.0 Å². The van der Waals surface area contributed by atoms with Crippen molar-refractivity contribution < 1.29 is 9.90 Å². The summed E-state index contributed by atoms with van der Waals surface area (Å²) >= 11 is 0. The molecule has 8 heteroatoms. The third-order valence-corrected chi connectivity index (χ3v) is 9.44. The third-order valence-electron chi connectivity index (χ3n) is 9.44. The molecular formula is C34H40N6O2. The Hall–Kier alpha value is -3.75. The second-order valence-electron chi connectivity index (χ2n) is 12.4. The average Bonchev–Trinajstić information content (AvgIpc) is 3.52. The quantitative estimate of drug-likeness (QED) is 0.308. The van der Waals surface area contributed by atoms with Gasteiger partial charge in [-0.1, -0.05) is 86.3 Å². The van der Waals surface area contributed by atoms with E-state index in [0.717, 1.165) is 61.3 Å². The van der Waals surface area contributed by atoms with Crippen molar-refractivity contribution in [3.63, 3.8) is 0 Å². The first-order valence-corrected chi connectivity index (χ1v) is 15.5. The molecule has 0 unspecified atom stereocenters. The highest BCUT2D eigenvalue weighted by Crippen LogP contribution is 2.48. The normalized spacial score (nSPS) is 24.5. The van der Waals surface area contributed by atoms with Crippen molar-refractivity contribution in [3.8, 4) is 22.6 Å². The number of amides is 1. The lowest BCUT2D eigenvalue weighted by Gasteiger charge is -2.42. The molecule has 2 aromatic heterocycles. The average molecular weight is 565 g/mol. The van der Waals surface area contributed by atoms with Crippen LogP contribution >= 0.6 is 0 Å². The van der Waals surface area contributed by atoms with Gasteiger partial charge in [0.25, 0.3) is 5.91 Å². The number of nitrogens with zero attached hydrogens (tertiary/aromatic N) is 5. The van der Waals surface area contributed by atoms with E-state index >= 15 is 0 Å². The topological polar surface area (TPSA) is 88.2 Å². The Labute approximate surface area is 247 Å². The lowest BCUT2D eigenvalue weighted by molar-refractivity contribution is -0.0518. The SMILES string of the molecule is O=C(c1ncn([C@@H]2CCCC[C@@]2(O)CC2CC2)c1-c1ccccc1)N1CCNC[C@H]1Cn1ccnc1-c1ccccc1. The molecular weight excluding hydrogens is 524 g/mol. The van der Waals surface area contributed by atoms with E-state index in [1.165, 1.54) is 12.8 Å². The fourth-order valence-electron chi connectivity index (χ4n) is 7.16. The number of benzene rings is 2. The smallest absolute Gasteiger partial charge is 0.275 e. The van der Waals surface area contributed by atoms with Crippen LogP contribution in [0.25, 0.3) is 22.6 Å². The number of rotatable bonds is 8. The van der Waals surface area contributed by atoms with Gasteiger partial charge in [-0.2, -0.15) is 0 Å². The molecule has 2 N–H and O–H groups in total. The summed E-state index contributed by atoms with van der Waals surface area (Å²) in [6, 6.07) is 20.2. The van der Waals surface area contributed by atoms with Crippen LogP contribution in [0.1, 0.15) is 61.5 Å². The van der Waals surface area contributed by atoms with Crippen LogP contribution in [0.4, 0.5) is 0 Å². The number of hydrogen-bond donors (Lipinski definition) is 2. The van der Waals surface area contributed by atoms with Gasteiger partial charge in [-0.3, -0.25) is 4.79 Å². The Morgan fingerprint density at radius 1 is 0.976 bits per heavy atom. The molecule has 2 saturated carbocycles. The fourth-order valence-corrected chi connectivity index (χ4v) is 7.16. The van der Waals surface area contributed by atoms with Gasteiger partial charge in [0, 0.05) is 49.7 Å². The van der Waals surface area contributed by atoms with Crippen LogP contribution in [0.2, 0.25) is 0 Å². The first-order chi connectivity index (χ1) is 20.6. The van der Waals surface area contributed by atoms with Gasteiger partial charge in [-0.15, -0.1) is 0 Å². The van der Waals surface area contributed by atoms with Gasteiger partial charge in [0.15, 0.2) is 5.69 Å². The Morgan fingerprint density at radius 3 is 2.50 bits per heavy atom. The van der Waals surface area contributed by atoms with E-state index in [4.69, 9.17) is 4.98 Å². The molecule has 7 rings (SSSR count). The molecule has 3 fully saturated rings. The Morgan fingerprint density at radius 2 is 1.74 bits per heavy atom. The maximum absolute atomic E-state index is 14.5. The lowest BCUT2D eigenvalue weighted by Crippen LogP contribution is -2.55. The monoisotopic (exact) mass is 564 g/mol. The van der Waals surface area contributed by atoms with Gasteiger partial charge in [0.05, 0.1) is 29.7 Å². The zero-order chi connectivity index (χ0) is 28.5. The van der Waals surface area contributed by atoms with Crippen LogP contribution in [0.3, 0.4) is 0 Å². The number of carbonyl (C=O) groups is 1. The zero-order valence-corrected chi connectivity index (χ0v) is 24.1. The zero-order valence-electron chi connectivity index (χ0n) is 24.1. The molecule has 0 bridgehead atoms. The van der Waals surface area contributed by atoms with Crippen molar-refractivity contribution in [1.29, 1.82) is 0 Å². The van der Waals surface area contributed by atoms with Crippen molar-refractivity contribution in [3.05, 3.63) is 85.1 Å².